The van der Waals surface area contributed by atoms with Crippen LogP contribution in [0.3, 0.4) is 0 Å². The van der Waals surface area contributed by atoms with Crippen molar-refractivity contribution < 1.29 is 14.6 Å². The number of ether oxygens (including phenoxy) is 1. The van der Waals surface area contributed by atoms with E-state index >= 15 is 0 Å². The summed E-state index contributed by atoms with van der Waals surface area (Å²) >= 11 is 0. The Labute approximate surface area is 176 Å². The molecule has 0 spiro atoms. The average Bonchev–Trinajstić information content (AvgIpc) is 3.09. The SMILES string of the molecule is Cc1ccc(O[C@@H]2C[C@@H]3CN(C(=O)c4cc(=O)cc(C)n4C)C[C@@H]3C[C@H]2O)c(C)n1. The largest absolute Gasteiger partial charge is 0.486 e. The minimum absolute atomic E-state index is 0.127. The van der Waals surface area contributed by atoms with Gasteiger partial charge in [0.25, 0.3) is 5.91 Å². The van der Waals surface area contributed by atoms with Crippen LogP contribution in [0.2, 0.25) is 0 Å². The van der Waals surface area contributed by atoms with Crippen LogP contribution in [-0.2, 0) is 7.05 Å². The summed E-state index contributed by atoms with van der Waals surface area (Å²) in [5, 5.41) is 10.7. The molecule has 0 aromatic carbocycles. The molecule has 3 heterocycles. The highest BCUT2D eigenvalue weighted by Gasteiger charge is 2.44. The Morgan fingerprint density at radius 2 is 1.83 bits per heavy atom. The molecule has 0 unspecified atom stereocenters. The fourth-order valence-electron chi connectivity index (χ4n) is 4.78. The lowest BCUT2D eigenvalue weighted by Gasteiger charge is -2.35. The molecule has 7 nitrogen and oxygen atoms in total. The molecule has 1 aliphatic carbocycles. The maximum Gasteiger partial charge on any atom is 0.270 e. The summed E-state index contributed by atoms with van der Waals surface area (Å²) in [5.41, 5.74) is 2.76. The molecular weight excluding hydrogens is 382 g/mol. The number of carbonyl (C=O) groups excluding carboxylic acids is 1. The molecule has 1 aliphatic heterocycles. The van der Waals surface area contributed by atoms with Crippen LogP contribution in [0.15, 0.2) is 29.1 Å². The Balaban J connectivity index is 1.48. The molecule has 1 saturated carbocycles. The van der Waals surface area contributed by atoms with Crippen LogP contribution in [0.5, 0.6) is 5.75 Å². The summed E-state index contributed by atoms with van der Waals surface area (Å²) in [6.45, 7) is 6.87. The molecule has 1 amide bonds. The van der Waals surface area contributed by atoms with E-state index in [1.807, 2.05) is 37.8 Å². The molecular formula is C23H29N3O4. The van der Waals surface area contributed by atoms with Gasteiger partial charge in [0.1, 0.15) is 17.5 Å². The van der Waals surface area contributed by atoms with Crippen LogP contribution in [-0.4, -0.2) is 50.8 Å². The second-order valence-electron chi connectivity index (χ2n) is 8.74. The number of pyridine rings is 2. The van der Waals surface area contributed by atoms with Gasteiger partial charge >= 0.3 is 0 Å². The van der Waals surface area contributed by atoms with E-state index in [9.17, 15) is 14.7 Å². The second kappa shape index (κ2) is 7.87. The smallest absolute Gasteiger partial charge is 0.270 e. The van der Waals surface area contributed by atoms with Gasteiger partial charge in [0.2, 0.25) is 0 Å². The van der Waals surface area contributed by atoms with E-state index in [-0.39, 0.29) is 29.3 Å². The molecule has 2 fully saturated rings. The summed E-state index contributed by atoms with van der Waals surface area (Å²) in [6.07, 6.45) is 0.401. The number of amides is 1. The number of fused-ring (bicyclic) bond motifs is 1. The summed E-state index contributed by atoms with van der Waals surface area (Å²) in [4.78, 5) is 31.3. The van der Waals surface area contributed by atoms with Gasteiger partial charge in [-0.3, -0.25) is 14.6 Å². The molecule has 7 heteroatoms. The topological polar surface area (TPSA) is 84.7 Å². The highest BCUT2D eigenvalue weighted by atomic mass is 16.5. The molecule has 2 aromatic rings. The Bertz CT molecular complexity index is 1030. The number of hydrogen-bond donors (Lipinski definition) is 1. The Kier molecular flexibility index (Phi) is 5.40. The lowest BCUT2D eigenvalue weighted by Crippen LogP contribution is -2.42. The van der Waals surface area contributed by atoms with Crippen molar-refractivity contribution in [3.63, 3.8) is 0 Å². The number of rotatable bonds is 3. The van der Waals surface area contributed by atoms with Gasteiger partial charge in [0, 0.05) is 43.7 Å². The lowest BCUT2D eigenvalue weighted by atomic mass is 9.78. The number of nitrogens with zero attached hydrogens (tertiary/aromatic N) is 3. The van der Waals surface area contributed by atoms with Crippen molar-refractivity contribution in [2.45, 2.75) is 45.8 Å². The summed E-state index contributed by atoms with van der Waals surface area (Å²) in [5.74, 6) is 1.08. The number of aliphatic hydroxyl groups is 1. The second-order valence-corrected chi connectivity index (χ2v) is 8.74. The molecule has 0 radical (unpaired) electrons. The molecule has 160 valence electrons. The number of carbonyl (C=O) groups is 1. The molecule has 2 aromatic heterocycles. The zero-order chi connectivity index (χ0) is 21.6. The van der Waals surface area contributed by atoms with E-state index < -0.39 is 6.10 Å². The standard InChI is InChI=1S/C23H29N3O4/c1-13-5-6-21(15(3)24-13)30-22-9-17-12-26(11-16(17)8-20(22)28)23(29)19-10-18(27)7-14(2)25(19)4/h5-7,10,16-17,20,22,28H,8-9,11-12H2,1-4H3/t16-,17+,20+,22+/m0/s1. The van der Waals surface area contributed by atoms with Crippen LogP contribution >= 0.6 is 0 Å². The van der Waals surface area contributed by atoms with Crippen molar-refractivity contribution in [3.05, 3.63) is 57.3 Å². The van der Waals surface area contributed by atoms with Gasteiger partial charge in [-0.05, 0) is 57.6 Å². The van der Waals surface area contributed by atoms with E-state index in [1.165, 1.54) is 12.1 Å². The van der Waals surface area contributed by atoms with E-state index in [2.05, 4.69) is 4.98 Å². The third-order valence-electron chi connectivity index (χ3n) is 6.57. The quantitative estimate of drug-likeness (QED) is 0.835. The van der Waals surface area contributed by atoms with Gasteiger partial charge < -0.3 is 19.3 Å². The normalized spacial score (nSPS) is 25.8. The van der Waals surface area contributed by atoms with Crippen molar-refractivity contribution in [1.29, 1.82) is 0 Å². The fourth-order valence-corrected chi connectivity index (χ4v) is 4.78. The van der Waals surface area contributed by atoms with Crippen molar-refractivity contribution in [3.8, 4) is 5.75 Å². The fraction of sp³-hybridized carbons (Fsp3) is 0.522. The van der Waals surface area contributed by atoms with Gasteiger partial charge in [0.05, 0.1) is 11.8 Å². The minimum atomic E-state index is -0.578. The van der Waals surface area contributed by atoms with Crippen LogP contribution in [0, 0.1) is 32.6 Å². The average molecular weight is 412 g/mol. The third-order valence-corrected chi connectivity index (χ3v) is 6.57. The predicted molar refractivity (Wildman–Crippen MR) is 113 cm³/mol. The monoisotopic (exact) mass is 411 g/mol. The van der Waals surface area contributed by atoms with Crippen LogP contribution in [0.25, 0.3) is 0 Å². The van der Waals surface area contributed by atoms with Gasteiger partial charge in [-0.1, -0.05) is 0 Å². The van der Waals surface area contributed by atoms with Crippen molar-refractivity contribution in [2.24, 2.45) is 18.9 Å². The van der Waals surface area contributed by atoms with Crippen LogP contribution in [0.4, 0.5) is 0 Å². The minimum Gasteiger partial charge on any atom is -0.486 e. The number of aliphatic hydroxyl groups excluding tert-OH is 1. The molecule has 0 bridgehead atoms. The first kappa shape index (κ1) is 20.6. The van der Waals surface area contributed by atoms with Gasteiger partial charge in [-0.25, -0.2) is 0 Å². The molecule has 2 aliphatic rings. The van der Waals surface area contributed by atoms with Crippen LogP contribution < -0.4 is 10.2 Å². The zero-order valence-corrected chi connectivity index (χ0v) is 18.0. The lowest BCUT2D eigenvalue weighted by molar-refractivity contribution is -0.0236. The predicted octanol–water partition coefficient (Wildman–Crippen LogP) is 2.00. The first-order chi connectivity index (χ1) is 14.2. The zero-order valence-electron chi connectivity index (χ0n) is 18.0. The number of likely N-dealkylation sites (tertiary alicyclic amines) is 1. The number of aromatic nitrogens is 2. The molecule has 4 rings (SSSR count). The first-order valence-electron chi connectivity index (χ1n) is 10.5. The Morgan fingerprint density at radius 1 is 1.13 bits per heavy atom. The number of aryl methyl sites for hydroxylation is 3. The van der Waals surface area contributed by atoms with Crippen molar-refractivity contribution in [1.82, 2.24) is 14.5 Å². The summed E-state index contributed by atoms with van der Waals surface area (Å²) in [7, 11) is 1.80. The third kappa shape index (κ3) is 3.86. The van der Waals surface area contributed by atoms with Crippen molar-refractivity contribution in [2.75, 3.05) is 13.1 Å². The van der Waals surface area contributed by atoms with Gasteiger partial charge in [-0.15, -0.1) is 0 Å². The summed E-state index contributed by atoms with van der Waals surface area (Å²) in [6, 6.07) is 6.74. The maximum absolute atomic E-state index is 13.1. The highest BCUT2D eigenvalue weighted by molar-refractivity contribution is 5.92. The molecule has 1 saturated heterocycles. The Hall–Kier alpha value is -2.67. The molecule has 1 N–H and O–H groups in total. The first-order valence-corrected chi connectivity index (χ1v) is 10.5. The van der Waals surface area contributed by atoms with E-state index in [0.29, 0.717) is 37.4 Å². The number of hydrogen-bond acceptors (Lipinski definition) is 5. The van der Waals surface area contributed by atoms with E-state index in [4.69, 9.17) is 4.74 Å². The molecule has 4 atom stereocenters. The van der Waals surface area contributed by atoms with Crippen molar-refractivity contribution >= 4 is 5.91 Å². The highest BCUT2D eigenvalue weighted by Crippen LogP contribution is 2.38. The van der Waals surface area contributed by atoms with E-state index in [1.54, 1.807) is 11.6 Å². The van der Waals surface area contributed by atoms with Crippen LogP contribution in [0.1, 0.15) is 40.4 Å². The van der Waals surface area contributed by atoms with Gasteiger partial charge in [-0.2, -0.15) is 0 Å². The molecule has 30 heavy (non-hydrogen) atoms. The van der Waals surface area contributed by atoms with Gasteiger partial charge in [0.15, 0.2) is 5.43 Å². The Morgan fingerprint density at radius 3 is 2.53 bits per heavy atom. The maximum atomic E-state index is 13.1. The van der Waals surface area contributed by atoms with E-state index in [0.717, 1.165) is 17.1 Å². The summed E-state index contributed by atoms with van der Waals surface area (Å²) < 4.78 is 7.89.